The van der Waals surface area contributed by atoms with Crippen LogP contribution in [0.3, 0.4) is 0 Å². The Bertz CT molecular complexity index is 622. The average Bonchev–Trinajstić information content (AvgIpc) is 2.16. The number of carboxylic acid groups (broad SMARTS) is 1. The zero-order chi connectivity index (χ0) is 15.0. The molecular formula is C11H13ClFNO4S. The number of hydrogen-bond donors (Lipinski definition) is 2. The van der Waals surface area contributed by atoms with Gasteiger partial charge in [0.1, 0.15) is 4.90 Å². The Morgan fingerprint density at radius 1 is 1.37 bits per heavy atom. The molecule has 0 fully saturated rings. The molecule has 1 rings (SSSR count). The molecule has 1 aromatic carbocycles. The SMILES string of the molecule is CC(C)(C)NS(=O)(=O)c1cc(Cl)cc(C(=O)O)c1F. The minimum Gasteiger partial charge on any atom is -0.478 e. The second-order valence-electron chi connectivity index (χ2n) is 4.93. The number of sulfonamides is 1. The van der Waals surface area contributed by atoms with Crippen molar-refractivity contribution < 1.29 is 22.7 Å². The van der Waals surface area contributed by atoms with Gasteiger partial charge in [0.25, 0.3) is 0 Å². The maximum atomic E-state index is 13.9. The van der Waals surface area contributed by atoms with Crippen molar-refractivity contribution in [1.29, 1.82) is 0 Å². The number of hydrogen-bond acceptors (Lipinski definition) is 3. The molecule has 5 nitrogen and oxygen atoms in total. The summed E-state index contributed by atoms with van der Waals surface area (Å²) in [6.45, 7) is 4.72. The number of carboxylic acids is 1. The molecule has 0 radical (unpaired) electrons. The topological polar surface area (TPSA) is 83.5 Å². The smallest absolute Gasteiger partial charge is 0.338 e. The van der Waals surface area contributed by atoms with Gasteiger partial charge in [-0.1, -0.05) is 11.6 Å². The van der Waals surface area contributed by atoms with Crippen LogP contribution in [-0.4, -0.2) is 25.0 Å². The first-order chi connectivity index (χ1) is 8.44. The normalized spacial score (nSPS) is 12.5. The van der Waals surface area contributed by atoms with Gasteiger partial charge in [-0.15, -0.1) is 0 Å². The van der Waals surface area contributed by atoms with E-state index >= 15 is 0 Å². The van der Waals surface area contributed by atoms with E-state index in [-0.39, 0.29) is 5.02 Å². The van der Waals surface area contributed by atoms with Gasteiger partial charge in [0.15, 0.2) is 5.82 Å². The maximum absolute atomic E-state index is 13.9. The van der Waals surface area contributed by atoms with Gasteiger partial charge in [-0.2, -0.15) is 0 Å². The highest BCUT2D eigenvalue weighted by atomic mass is 35.5. The zero-order valence-electron chi connectivity index (χ0n) is 10.5. The number of rotatable bonds is 3. The molecule has 1 aromatic rings. The first kappa shape index (κ1) is 15.9. The third-order valence-corrected chi connectivity index (χ3v) is 3.94. The quantitative estimate of drug-likeness (QED) is 0.897. The van der Waals surface area contributed by atoms with E-state index < -0.39 is 37.8 Å². The van der Waals surface area contributed by atoms with E-state index in [0.29, 0.717) is 0 Å². The zero-order valence-corrected chi connectivity index (χ0v) is 12.1. The van der Waals surface area contributed by atoms with Crippen molar-refractivity contribution in [2.75, 3.05) is 0 Å². The molecule has 2 N–H and O–H groups in total. The first-order valence-electron chi connectivity index (χ1n) is 5.20. The van der Waals surface area contributed by atoms with Gasteiger partial charge in [0.2, 0.25) is 10.0 Å². The summed E-state index contributed by atoms with van der Waals surface area (Å²) in [7, 11) is -4.20. The number of halogens is 2. The minimum absolute atomic E-state index is 0.173. The van der Waals surface area contributed by atoms with Crippen LogP contribution in [0.15, 0.2) is 17.0 Å². The van der Waals surface area contributed by atoms with E-state index in [1.165, 1.54) is 0 Å². The average molecular weight is 310 g/mol. The van der Waals surface area contributed by atoms with Crippen molar-refractivity contribution in [3.63, 3.8) is 0 Å². The van der Waals surface area contributed by atoms with E-state index in [9.17, 15) is 17.6 Å². The minimum atomic E-state index is -4.20. The Morgan fingerprint density at radius 2 is 1.89 bits per heavy atom. The highest BCUT2D eigenvalue weighted by Crippen LogP contribution is 2.24. The van der Waals surface area contributed by atoms with Crippen LogP contribution in [0, 0.1) is 5.82 Å². The largest absolute Gasteiger partial charge is 0.478 e. The van der Waals surface area contributed by atoms with Gasteiger partial charge >= 0.3 is 5.97 Å². The first-order valence-corrected chi connectivity index (χ1v) is 7.06. The molecule has 0 aliphatic heterocycles. The fraction of sp³-hybridized carbons (Fsp3) is 0.364. The van der Waals surface area contributed by atoms with Crippen LogP contribution in [0.25, 0.3) is 0 Å². The Balaban J connectivity index is 3.48. The standard InChI is InChI=1S/C11H13ClFNO4S/c1-11(2,3)14-19(17,18)8-5-6(12)4-7(9(8)13)10(15)16/h4-5,14H,1-3H3,(H,15,16). The third-order valence-electron chi connectivity index (χ3n) is 1.96. The number of nitrogens with one attached hydrogen (secondary N) is 1. The highest BCUT2D eigenvalue weighted by molar-refractivity contribution is 7.89. The van der Waals surface area contributed by atoms with Crippen LogP contribution in [0.1, 0.15) is 31.1 Å². The predicted molar refractivity (Wildman–Crippen MR) is 68.4 cm³/mol. The summed E-state index contributed by atoms with van der Waals surface area (Å²) >= 11 is 5.62. The van der Waals surface area contributed by atoms with E-state index in [1.807, 2.05) is 0 Å². The fourth-order valence-electron chi connectivity index (χ4n) is 1.37. The molecule has 0 unspecified atom stereocenters. The van der Waals surface area contributed by atoms with E-state index in [4.69, 9.17) is 16.7 Å². The van der Waals surface area contributed by atoms with Crippen LogP contribution in [0.2, 0.25) is 5.02 Å². The number of carbonyl (C=O) groups is 1. The Morgan fingerprint density at radius 3 is 2.32 bits per heavy atom. The van der Waals surface area contributed by atoms with Crippen LogP contribution >= 0.6 is 11.6 Å². The lowest BCUT2D eigenvalue weighted by molar-refractivity contribution is 0.0691. The molecule has 0 bridgehead atoms. The van der Waals surface area contributed by atoms with Crippen LogP contribution in [-0.2, 0) is 10.0 Å². The molecule has 0 spiro atoms. The molecule has 106 valence electrons. The third kappa shape index (κ3) is 3.89. The summed E-state index contributed by atoms with van der Waals surface area (Å²) in [5, 5.41) is 8.63. The van der Waals surface area contributed by atoms with Crippen molar-refractivity contribution >= 4 is 27.6 Å². The summed E-state index contributed by atoms with van der Waals surface area (Å²) in [6, 6.07) is 1.73. The molecule has 0 heterocycles. The van der Waals surface area contributed by atoms with Crippen molar-refractivity contribution in [3.8, 4) is 0 Å². The maximum Gasteiger partial charge on any atom is 0.338 e. The summed E-state index contributed by atoms with van der Waals surface area (Å²) in [4.78, 5) is 10.0. The molecule has 0 atom stereocenters. The summed E-state index contributed by atoms with van der Waals surface area (Å²) < 4.78 is 40.1. The van der Waals surface area contributed by atoms with E-state index in [0.717, 1.165) is 12.1 Å². The molecule has 0 saturated carbocycles. The van der Waals surface area contributed by atoms with Gasteiger partial charge in [-0.25, -0.2) is 22.3 Å². The van der Waals surface area contributed by atoms with Gasteiger partial charge < -0.3 is 5.11 Å². The lowest BCUT2D eigenvalue weighted by atomic mass is 10.1. The Kier molecular flexibility index (Phi) is 4.23. The lowest BCUT2D eigenvalue weighted by Gasteiger charge is -2.20. The van der Waals surface area contributed by atoms with Gasteiger partial charge in [0.05, 0.1) is 5.56 Å². The Labute approximate surface area is 115 Å². The van der Waals surface area contributed by atoms with Crippen molar-refractivity contribution in [2.45, 2.75) is 31.2 Å². The molecule has 0 aliphatic rings. The number of benzene rings is 1. The second kappa shape index (κ2) is 5.07. The van der Waals surface area contributed by atoms with Gasteiger partial charge in [-0.3, -0.25) is 0 Å². The van der Waals surface area contributed by atoms with Gasteiger partial charge in [0, 0.05) is 10.6 Å². The van der Waals surface area contributed by atoms with E-state index in [2.05, 4.69) is 4.72 Å². The Hall–Kier alpha value is -1.18. The molecule has 19 heavy (non-hydrogen) atoms. The predicted octanol–water partition coefficient (Wildman–Crippen LogP) is 2.25. The fourth-order valence-corrected chi connectivity index (χ4v) is 3.20. The summed E-state index contributed by atoms with van der Waals surface area (Å²) in [5.41, 5.74) is -1.63. The van der Waals surface area contributed by atoms with E-state index in [1.54, 1.807) is 20.8 Å². The number of aromatic carboxylic acids is 1. The lowest BCUT2D eigenvalue weighted by Crippen LogP contribution is -2.40. The van der Waals surface area contributed by atoms with Crippen molar-refractivity contribution in [2.24, 2.45) is 0 Å². The monoisotopic (exact) mass is 309 g/mol. The van der Waals surface area contributed by atoms with Crippen LogP contribution in [0.5, 0.6) is 0 Å². The van der Waals surface area contributed by atoms with Crippen LogP contribution in [0.4, 0.5) is 4.39 Å². The van der Waals surface area contributed by atoms with Crippen molar-refractivity contribution in [3.05, 3.63) is 28.5 Å². The molecule has 0 aromatic heterocycles. The summed E-state index contributed by atoms with van der Waals surface area (Å²) in [6.07, 6.45) is 0. The molecule has 0 aliphatic carbocycles. The molecule has 0 saturated heterocycles. The van der Waals surface area contributed by atoms with Gasteiger partial charge in [-0.05, 0) is 32.9 Å². The second-order valence-corrected chi connectivity index (χ2v) is 7.01. The summed E-state index contributed by atoms with van der Waals surface area (Å²) in [5.74, 6) is -2.93. The highest BCUT2D eigenvalue weighted by Gasteiger charge is 2.28. The molecule has 8 heteroatoms. The molecule has 0 amide bonds. The molecular weight excluding hydrogens is 297 g/mol. The van der Waals surface area contributed by atoms with Crippen molar-refractivity contribution in [1.82, 2.24) is 4.72 Å². The van der Waals surface area contributed by atoms with Crippen LogP contribution < -0.4 is 4.72 Å².